The molecule has 3 aliphatic rings. The zero-order valence-corrected chi connectivity index (χ0v) is 31.7. The Hall–Kier alpha value is -4.97. The molecule has 4 aromatic rings. The fourth-order valence-corrected chi connectivity index (χ4v) is 13.0. The number of likely N-dealkylation sites (tertiary alicyclic amines) is 1. The number of nitrogens with one attached hydrogen (secondary N) is 1. The molecule has 10 nitrogen and oxygen atoms in total. The Morgan fingerprint density at radius 1 is 1.00 bits per heavy atom. The predicted molar refractivity (Wildman–Crippen MR) is 209 cm³/mol. The van der Waals surface area contributed by atoms with E-state index in [0.29, 0.717) is 30.0 Å². The molecule has 3 heterocycles. The van der Waals surface area contributed by atoms with Gasteiger partial charge < -0.3 is 35.4 Å². The van der Waals surface area contributed by atoms with Crippen molar-refractivity contribution in [3.63, 3.8) is 0 Å². The van der Waals surface area contributed by atoms with E-state index in [2.05, 4.69) is 37.5 Å². The molecule has 276 valence electrons. The SMILES string of the molecule is COc1ccc([Si](C)(C)[C@@H]2[C@@H](CC(=O)N3CCC[C@H]3CO)O[C@]3(C(=O)N(Cc4ccc(NC(=O)c5ccc(N)cc5)cc4)c4ccccc43)[C@H]2C)cc1. The lowest BCUT2D eigenvalue weighted by molar-refractivity contribution is -0.150. The maximum atomic E-state index is 15.1. The number of para-hydroxylation sites is 1. The molecule has 0 unspecified atom stereocenters. The third-order valence-corrected chi connectivity index (χ3v) is 16.1. The number of anilines is 3. The zero-order chi connectivity index (χ0) is 37.5. The van der Waals surface area contributed by atoms with Gasteiger partial charge in [-0.2, -0.15) is 0 Å². The lowest BCUT2D eigenvalue weighted by Crippen LogP contribution is -2.52. The standard InChI is InChI=1S/C42H48N4O6Si/c1-27-39(53(3,4)34-21-19-33(51-2)20-22-34)37(24-38(48)45-23-7-8-32(45)26-47)52-42(27)35-9-5-6-10-36(35)46(41(42)50)25-28-11-17-31(18-12-28)44-40(49)29-13-15-30(43)16-14-29/h5-6,9-22,27,32,37,39,47H,7-8,23-26,43H2,1-4H3,(H,44,49)/t27-,32-,37+,39-,42+/m0/s1. The predicted octanol–water partition coefficient (Wildman–Crippen LogP) is 5.67. The number of ether oxygens (including phenoxy) is 2. The third kappa shape index (κ3) is 6.51. The number of nitrogens with zero attached hydrogens (tertiary/aromatic N) is 2. The second kappa shape index (κ2) is 14.5. The topological polar surface area (TPSA) is 134 Å². The number of carbonyl (C=O) groups is 3. The molecule has 1 spiro atoms. The van der Waals surface area contributed by atoms with Crippen LogP contribution >= 0.6 is 0 Å². The summed E-state index contributed by atoms with van der Waals surface area (Å²) in [4.78, 5) is 45.5. The van der Waals surface area contributed by atoms with Crippen LogP contribution in [0.25, 0.3) is 0 Å². The van der Waals surface area contributed by atoms with Gasteiger partial charge in [0, 0.05) is 35.0 Å². The van der Waals surface area contributed by atoms with Crippen LogP contribution < -0.4 is 25.9 Å². The highest BCUT2D eigenvalue weighted by Crippen LogP contribution is 2.60. The van der Waals surface area contributed by atoms with E-state index in [0.717, 1.165) is 35.4 Å². The quantitative estimate of drug-likeness (QED) is 0.141. The number of nitrogen functional groups attached to an aromatic ring is 1. The minimum atomic E-state index is -2.44. The molecule has 0 bridgehead atoms. The van der Waals surface area contributed by atoms with E-state index < -0.39 is 19.8 Å². The Kier molecular flexibility index (Phi) is 9.92. The van der Waals surface area contributed by atoms with Crippen LogP contribution in [-0.4, -0.2) is 68.2 Å². The Balaban J connectivity index is 1.19. The van der Waals surface area contributed by atoms with Gasteiger partial charge >= 0.3 is 0 Å². The van der Waals surface area contributed by atoms with Gasteiger partial charge in [0.2, 0.25) is 5.91 Å². The monoisotopic (exact) mass is 732 g/mol. The molecule has 0 radical (unpaired) electrons. The van der Waals surface area contributed by atoms with E-state index in [1.165, 1.54) is 5.19 Å². The average molecular weight is 733 g/mol. The highest BCUT2D eigenvalue weighted by Gasteiger charge is 2.66. The second-order valence-electron chi connectivity index (χ2n) is 15.1. The van der Waals surface area contributed by atoms with Crippen molar-refractivity contribution in [1.29, 1.82) is 0 Å². The molecule has 0 aromatic heterocycles. The van der Waals surface area contributed by atoms with Crippen molar-refractivity contribution in [1.82, 2.24) is 4.90 Å². The molecular weight excluding hydrogens is 685 g/mol. The minimum absolute atomic E-state index is 0.0421. The molecule has 0 saturated carbocycles. The van der Waals surface area contributed by atoms with Crippen LogP contribution in [-0.2, 0) is 26.5 Å². The summed E-state index contributed by atoms with van der Waals surface area (Å²) in [7, 11) is -0.789. The van der Waals surface area contributed by atoms with Gasteiger partial charge in [-0.05, 0) is 78.5 Å². The lowest BCUT2D eigenvalue weighted by atomic mass is 9.82. The van der Waals surface area contributed by atoms with Gasteiger partial charge in [-0.1, -0.05) is 67.7 Å². The first-order chi connectivity index (χ1) is 25.5. The molecule has 53 heavy (non-hydrogen) atoms. The smallest absolute Gasteiger partial charge is 0.264 e. The van der Waals surface area contributed by atoms with Crippen LogP contribution in [0, 0.1) is 5.92 Å². The number of aliphatic hydroxyl groups excluding tert-OH is 1. The highest BCUT2D eigenvalue weighted by molar-refractivity contribution is 6.91. The third-order valence-electron chi connectivity index (χ3n) is 11.8. The average Bonchev–Trinajstić information content (AvgIpc) is 3.83. The molecule has 4 N–H and O–H groups in total. The largest absolute Gasteiger partial charge is 0.497 e. The summed E-state index contributed by atoms with van der Waals surface area (Å²) < 4.78 is 12.6. The number of nitrogens with two attached hydrogens (primary N) is 1. The Bertz CT molecular complexity index is 1990. The molecule has 3 aliphatic heterocycles. The van der Waals surface area contributed by atoms with Crippen LogP contribution in [0.2, 0.25) is 18.6 Å². The number of rotatable bonds is 10. The van der Waals surface area contributed by atoms with E-state index >= 15 is 4.79 Å². The molecule has 2 saturated heterocycles. The van der Waals surface area contributed by atoms with Gasteiger partial charge in [0.05, 0.1) is 52.6 Å². The number of fused-ring (bicyclic) bond motifs is 2. The highest BCUT2D eigenvalue weighted by atomic mass is 28.3. The Morgan fingerprint density at radius 3 is 2.38 bits per heavy atom. The first-order valence-corrected chi connectivity index (χ1v) is 21.5. The molecule has 0 aliphatic carbocycles. The number of hydrogen-bond acceptors (Lipinski definition) is 7. The van der Waals surface area contributed by atoms with E-state index in [1.807, 2.05) is 60.7 Å². The number of methoxy groups -OCH3 is 1. The Labute approximate surface area is 311 Å². The maximum absolute atomic E-state index is 15.1. The van der Waals surface area contributed by atoms with Crippen molar-refractivity contribution in [2.24, 2.45) is 5.92 Å². The normalized spacial score (nSPS) is 23.8. The first-order valence-electron chi connectivity index (χ1n) is 18.4. The minimum Gasteiger partial charge on any atom is -0.497 e. The second-order valence-corrected chi connectivity index (χ2v) is 19.8. The van der Waals surface area contributed by atoms with Crippen LogP contribution in [0.4, 0.5) is 17.1 Å². The van der Waals surface area contributed by atoms with Crippen molar-refractivity contribution in [3.05, 3.63) is 114 Å². The van der Waals surface area contributed by atoms with Gasteiger partial charge in [-0.3, -0.25) is 14.4 Å². The summed E-state index contributed by atoms with van der Waals surface area (Å²) in [5.74, 6) is 0.103. The number of amides is 3. The van der Waals surface area contributed by atoms with E-state index in [9.17, 15) is 14.7 Å². The molecule has 5 atom stereocenters. The van der Waals surface area contributed by atoms with Crippen LogP contribution in [0.5, 0.6) is 5.75 Å². The zero-order valence-electron chi connectivity index (χ0n) is 30.7. The van der Waals surface area contributed by atoms with Crippen molar-refractivity contribution in [2.75, 3.05) is 36.2 Å². The van der Waals surface area contributed by atoms with E-state index in [-0.39, 0.29) is 48.3 Å². The van der Waals surface area contributed by atoms with Gasteiger partial charge in [0.1, 0.15) is 5.75 Å². The van der Waals surface area contributed by atoms with Crippen molar-refractivity contribution < 1.29 is 29.0 Å². The molecule has 2 fully saturated rings. The summed E-state index contributed by atoms with van der Waals surface area (Å²) in [6.45, 7) is 7.58. The first kappa shape index (κ1) is 36.4. The summed E-state index contributed by atoms with van der Waals surface area (Å²) in [5, 5.41) is 14.2. The van der Waals surface area contributed by atoms with Crippen molar-refractivity contribution in [2.45, 2.75) is 69.1 Å². The summed E-state index contributed by atoms with van der Waals surface area (Å²) in [6, 6.07) is 30.1. The number of benzene rings is 4. The van der Waals surface area contributed by atoms with E-state index in [1.54, 1.807) is 41.2 Å². The maximum Gasteiger partial charge on any atom is 0.264 e. The van der Waals surface area contributed by atoms with Gasteiger partial charge in [0.25, 0.3) is 11.8 Å². The fraction of sp³-hybridized carbons (Fsp3) is 0.357. The number of hydrogen-bond donors (Lipinski definition) is 3. The molecule has 7 rings (SSSR count). The fourth-order valence-electron chi connectivity index (χ4n) is 8.98. The van der Waals surface area contributed by atoms with Gasteiger partial charge in [-0.15, -0.1) is 0 Å². The lowest BCUT2D eigenvalue weighted by Gasteiger charge is -2.37. The summed E-state index contributed by atoms with van der Waals surface area (Å²) in [6.07, 6.45) is 1.26. The summed E-state index contributed by atoms with van der Waals surface area (Å²) >= 11 is 0. The summed E-state index contributed by atoms with van der Waals surface area (Å²) in [5.41, 5.74) is 8.63. The molecule has 3 amide bonds. The van der Waals surface area contributed by atoms with Crippen molar-refractivity contribution in [3.8, 4) is 5.75 Å². The number of aliphatic hydroxyl groups is 1. The van der Waals surface area contributed by atoms with Crippen LogP contribution in [0.15, 0.2) is 97.1 Å². The van der Waals surface area contributed by atoms with Gasteiger partial charge in [-0.25, -0.2) is 0 Å². The van der Waals surface area contributed by atoms with Crippen LogP contribution in [0.1, 0.15) is 47.7 Å². The Morgan fingerprint density at radius 2 is 1.70 bits per heavy atom. The molecule has 11 heteroatoms. The van der Waals surface area contributed by atoms with E-state index in [4.69, 9.17) is 15.2 Å². The van der Waals surface area contributed by atoms with Crippen LogP contribution in [0.3, 0.4) is 0 Å². The number of carbonyl (C=O) groups excluding carboxylic acids is 3. The molecular formula is C42H48N4O6Si. The van der Waals surface area contributed by atoms with Crippen molar-refractivity contribution >= 4 is 48.0 Å². The van der Waals surface area contributed by atoms with Gasteiger partial charge in [0.15, 0.2) is 5.60 Å². The molecule has 4 aromatic carbocycles.